The molecular formula is C15H16N4OS2. The minimum absolute atomic E-state index is 0.00834. The van der Waals surface area contributed by atoms with Crippen molar-refractivity contribution in [2.45, 2.75) is 25.4 Å². The van der Waals surface area contributed by atoms with E-state index in [0.29, 0.717) is 28.7 Å². The van der Waals surface area contributed by atoms with Crippen molar-refractivity contribution < 1.29 is 4.79 Å². The zero-order valence-corrected chi connectivity index (χ0v) is 14.3. The fourth-order valence-corrected chi connectivity index (χ4v) is 3.57. The molecule has 2 aromatic heterocycles. The summed E-state index contributed by atoms with van der Waals surface area (Å²) in [7, 11) is 1.78. The molecule has 0 bridgehead atoms. The summed E-state index contributed by atoms with van der Waals surface area (Å²) < 4.78 is 0. The molecule has 0 atom stereocenters. The van der Waals surface area contributed by atoms with Crippen LogP contribution in [0.1, 0.15) is 22.6 Å². The van der Waals surface area contributed by atoms with Crippen LogP contribution in [0.25, 0.3) is 0 Å². The van der Waals surface area contributed by atoms with E-state index in [1.165, 1.54) is 11.8 Å². The first-order valence-electron chi connectivity index (χ1n) is 6.64. The van der Waals surface area contributed by atoms with E-state index in [1.54, 1.807) is 37.1 Å². The van der Waals surface area contributed by atoms with E-state index in [-0.39, 0.29) is 11.7 Å². The molecule has 0 radical (unpaired) electrons. The Labute approximate surface area is 138 Å². The van der Waals surface area contributed by atoms with Crippen molar-refractivity contribution in [1.29, 1.82) is 5.26 Å². The minimum Gasteiger partial charge on any atom is -0.341 e. The van der Waals surface area contributed by atoms with Crippen molar-refractivity contribution in [2.75, 3.05) is 12.8 Å². The van der Waals surface area contributed by atoms with Crippen molar-refractivity contribution in [2.24, 2.45) is 0 Å². The molecule has 0 saturated heterocycles. The highest BCUT2D eigenvalue weighted by atomic mass is 32.2. The van der Waals surface area contributed by atoms with Crippen molar-refractivity contribution in [3.63, 3.8) is 0 Å². The number of amides is 1. The predicted molar refractivity (Wildman–Crippen MR) is 87.7 cm³/mol. The molecule has 2 heterocycles. The molecule has 5 nitrogen and oxygen atoms in total. The molecule has 7 heteroatoms. The number of carbonyl (C=O) groups excluding carboxylic acids is 1. The molecule has 0 fully saturated rings. The molecule has 22 heavy (non-hydrogen) atoms. The molecule has 1 amide bonds. The van der Waals surface area contributed by atoms with Gasteiger partial charge in [0.15, 0.2) is 0 Å². The number of thioether (sulfide) groups is 1. The van der Waals surface area contributed by atoms with Crippen LogP contribution in [0.2, 0.25) is 0 Å². The lowest BCUT2D eigenvalue weighted by Gasteiger charge is -2.16. The molecule has 0 aliphatic carbocycles. The molecule has 2 aromatic rings. The minimum atomic E-state index is 0.00834. The van der Waals surface area contributed by atoms with Crippen LogP contribution in [0.3, 0.4) is 0 Å². The van der Waals surface area contributed by atoms with Gasteiger partial charge in [0.25, 0.3) is 0 Å². The normalized spacial score (nSPS) is 10.3. The number of thiophene rings is 1. The van der Waals surface area contributed by atoms with Crippen LogP contribution in [0.4, 0.5) is 0 Å². The number of rotatable bonds is 5. The van der Waals surface area contributed by atoms with Gasteiger partial charge in [0.05, 0.1) is 11.4 Å². The van der Waals surface area contributed by atoms with Crippen LogP contribution in [-0.4, -0.2) is 33.6 Å². The first-order valence-corrected chi connectivity index (χ1v) is 8.57. The summed E-state index contributed by atoms with van der Waals surface area (Å²) in [6, 6.07) is 4.12. The second-order valence-corrected chi connectivity index (χ2v) is 6.56. The van der Waals surface area contributed by atoms with Crippen molar-refractivity contribution >= 4 is 29.0 Å². The smallest absolute Gasteiger partial charge is 0.233 e. The van der Waals surface area contributed by atoms with Crippen LogP contribution < -0.4 is 0 Å². The summed E-state index contributed by atoms with van der Waals surface area (Å²) >= 11 is 2.90. The van der Waals surface area contributed by atoms with Gasteiger partial charge in [-0.2, -0.15) is 16.6 Å². The highest BCUT2D eigenvalue weighted by Gasteiger charge is 2.15. The Balaban J connectivity index is 2.01. The molecular weight excluding hydrogens is 316 g/mol. The molecule has 0 unspecified atom stereocenters. The van der Waals surface area contributed by atoms with Gasteiger partial charge in [0.2, 0.25) is 5.91 Å². The monoisotopic (exact) mass is 332 g/mol. The number of carbonyl (C=O) groups is 1. The fourth-order valence-electron chi connectivity index (χ4n) is 1.90. The number of hydrogen-bond acceptors (Lipinski definition) is 6. The number of hydrogen-bond donors (Lipinski definition) is 0. The van der Waals surface area contributed by atoms with E-state index < -0.39 is 0 Å². The van der Waals surface area contributed by atoms with E-state index in [0.717, 1.165) is 5.56 Å². The Morgan fingerprint density at radius 2 is 2.23 bits per heavy atom. The van der Waals surface area contributed by atoms with Gasteiger partial charge in [0, 0.05) is 13.6 Å². The molecule has 0 N–H and O–H groups in total. The number of aryl methyl sites for hydroxylation is 2. The third-order valence-corrected chi connectivity index (χ3v) is 4.73. The van der Waals surface area contributed by atoms with Crippen LogP contribution in [-0.2, 0) is 11.3 Å². The first kappa shape index (κ1) is 16.5. The zero-order valence-electron chi connectivity index (χ0n) is 12.7. The zero-order chi connectivity index (χ0) is 16.1. The molecule has 0 aliphatic heterocycles. The van der Waals surface area contributed by atoms with Gasteiger partial charge in [-0.25, -0.2) is 9.97 Å². The Kier molecular flexibility index (Phi) is 5.52. The summed E-state index contributed by atoms with van der Waals surface area (Å²) in [5.41, 5.74) is 2.22. The standard InChI is InChI=1S/C15H16N4OS2/c1-10-13(6-16)15(18-11(2)17-10)22-9-14(20)19(3)7-12-4-5-21-8-12/h4-5,8H,7,9H2,1-3H3. The molecule has 114 valence electrons. The SMILES string of the molecule is Cc1nc(C)c(C#N)c(SCC(=O)N(C)Cc2ccsc2)n1. The third kappa shape index (κ3) is 4.06. The van der Waals surface area contributed by atoms with E-state index in [1.807, 2.05) is 16.8 Å². The Bertz CT molecular complexity index is 707. The Morgan fingerprint density at radius 1 is 1.45 bits per heavy atom. The van der Waals surface area contributed by atoms with Gasteiger partial charge in [-0.3, -0.25) is 4.79 Å². The van der Waals surface area contributed by atoms with Gasteiger partial charge in [-0.05, 0) is 36.2 Å². The Hall–Kier alpha value is -1.91. The number of aromatic nitrogens is 2. The van der Waals surface area contributed by atoms with Gasteiger partial charge in [-0.15, -0.1) is 0 Å². The van der Waals surface area contributed by atoms with Crippen LogP contribution in [0.15, 0.2) is 21.9 Å². The Morgan fingerprint density at radius 3 is 2.86 bits per heavy atom. The summed E-state index contributed by atoms with van der Waals surface area (Å²) in [6.07, 6.45) is 0. The van der Waals surface area contributed by atoms with Gasteiger partial charge in [-0.1, -0.05) is 11.8 Å². The number of nitriles is 1. The highest BCUT2D eigenvalue weighted by Crippen LogP contribution is 2.22. The van der Waals surface area contributed by atoms with Gasteiger partial charge in [0.1, 0.15) is 22.5 Å². The topological polar surface area (TPSA) is 69.9 Å². The van der Waals surface area contributed by atoms with Crippen molar-refractivity contribution in [3.8, 4) is 6.07 Å². The second-order valence-electron chi connectivity index (χ2n) is 4.82. The van der Waals surface area contributed by atoms with Crippen LogP contribution in [0.5, 0.6) is 0 Å². The first-order chi connectivity index (χ1) is 10.5. The molecule has 0 aliphatic rings. The lowest BCUT2D eigenvalue weighted by Crippen LogP contribution is -2.27. The van der Waals surface area contributed by atoms with E-state index in [9.17, 15) is 10.1 Å². The maximum Gasteiger partial charge on any atom is 0.233 e. The highest BCUT2D eigenvalue weighted by molar-refractivity contribution is 8.00. The van der Waals surface area contributed by atoms with Gasteiger partial charge < -0.3 is 4.90 Å². The molecule has 0 spiro atoms. The average Bonchev–Trinajstić information content (AvgIpc) is 2.97. The quantitative estimate of drug-likeness (QED) is 0.622. The summed E-state index contributed by atoms with van der Waals surface area (Å²) in [5, 5.41) is 13.8. The van der Waals surface area contributed by atoms with E-state index >= 15 is 0 Å². The molecule has 2 rings (SSSR count). The molecule has 0 aromatic carbocycles. The van der Waals surface area contributed by atoms with Crippen molar-refractivity contribution in [3.05, 3.63) is 39.5 Å². The maximum atomic E-state index is 12.2. The summed E-state index contributed by atoms with van der Waals surface area (Å²) in [6.45, 7) is 4.15. The lowest BCUT2D eigenvalue weighted by molar-refractivity contribution is -0.127. The van der Waals surface area contributed by atoms with Gasteiger partial charge >= 0.3 is 0 Å². The number of nitrogens with zero attached hydrogens (tertiary/aromatic N) is 4. The van der Waals surface area contributed by atoms with Crippen LogP contribution in [0, 0.1) is 25.2 Å². The lowest BCUT2D eigenvalue weighted by atomic mass is 10.3. The third-order valence-electron chi connectivity index (χ3n) is 3.04. The van der Waals surface area contributed by atoms with E-state index in [4.69, 9.17) is 0 Å². The summed E-state index contributed by atoms with van der Waals surface area (Å²) in [4.78, 5) is 22.3. The predicted octanol–water partition coefficient (Wildman–Crippen LogP) is 2.78. The van der Waals surface area contributed by atoms with Crippen molar-refractivity contribution in [1.82, 2.24) is 14.9 Å². The van der Waals surface area contributed by atoms with Crippen LogP contribution >= 0.6 is 23.1 Å². The largest absolute Gasteiger partial charge is 0.341 e. The van der Waals surface area contributed by atoms with E-state index in [2.05, 4.69) is 16.0 Å². The maximum absolute atomic E-state index is 12.2. The molecule has 0 saturated carbocycles. The second kappa shape index (κ2) is 7.38. The average molecular weight is 332 g/mol. The summed E-state index contributed by atoms with van der Waals surface area (Å²) in [5.74, 6) is 0.873. The fraction of sp³-hybridized carbons (Fsp3) is 0.333.